The molecule has 0 N–H and O–H groups in total. The van der Waals surface area contributed by atoms with E-state index in [0.29, 0.717) is 0 Å². The molecule has 1 saturated heterocycles. The zero-order valence-corrected chi connectivity index (χ0v) is 10.4. The first kappa shape index (κ1) is 11.1. The Kier molecular flexibility index (Phi) is 3.42. The third-order valence-corrected chi connectivity index (χ3v) is 3.51. The summed E-state index contributed by atoms with van der Waals surface area (Å²) in [7, 11) is 0. The summed E-state index contributed by atoms with van der Waals surface area (Å²) in [6.07, 6.45) is 1.23. The molecule has 1 nitrogen and oxygen atoms in total. The summed E-state index contributed by atoms with van der Waals surface area (Å²) >= 11 is 3.37. The van der Waals surface area contributed by atoms with Crippen LogP contribution in [0, 0.1) is 11.7 Å². The van der Waals surface area contributed by atoms with Gasteiger partial charge in [-0.15, -0.1) is 0 Å². The maximum atomic E-state index is 13.4. The highest BCUT2D eigenvalue weighted by Crippen LogP contribution is 2.23. The van der Waals surface area contributed by atoms with E-state index < -0.39 is 0 Å². The largest absolute Gasteiger partial charge is 0.298 e. The van der Waals surface area contributed by atoms with Crippen LogP contribution >= 0.6 is 15.9 Å². The second-order valence-electron chi connectivity index (χ2n) is 4.20. The molecule has 15 heavy (non-hydrogen) atoms. The molecule has 1 aromatic rings. The number of nitrogens with zero attached hydrogens (tertiary/aromatic N) is 1. The van der Waals surface area contributed by atoms with E-state index in [9.17, 15) is 4.39 Å². The molecule has 0 spiro atoms. The minimum absolute atomic E-state index is 0.0989. The molecule has 0 aromatic heterocycles. The molecule has 1 fully saturated rings. The standard InChI is InChI=1S/C12H15BrFN/c1-2-9-6-15(7-9)8-10-5-11(13)3-4-12(10)14/h3-5,9H,2,6-8H2,1H3. The quantitative estimate of drug-likeness (QED) is 0.814. The van der Waals surface area contributed by atoms with Gasteiger partial charge in [0, 0.05) is 29.7 Å². The van der Waals surface area contributed by atoms with Gasteiger partial charge in [0.1, 0.15) is 5.82 Å². The lowest BCUT2D eigenvalue weighted by Gasteiger charge is -2.38. The van der Waals surface area contributed by atoms with Gasteiger partial charge in [0.2, 0.25) is 0 Å². The van der Waals surface area contributed by atoms with Crippen molar-refractivity contribution in [3.05, 3.63) is 34.1 Å². The molecule has 1 heterocycles. The van der Waals surface area contributed by atoms with Crippen LogP contribution in [0.25, 0.3) is 0 Å². The van der Waals surface area contributed by atoms with Crippen LogP contribution in [-0.2, 0) is 6.54 Å². The molecule has 1 aliphatic rings. The second-order valence-corrected chi connectivity index (χ2v) is 5.12. The first-order valence-corrected chi connectivity index (χ1v) is 6.14. The highest BCUT2D eigenvalue weighted by molar-refractivity contribution is 9.10. The average Bonchev–Trinajstić information content (AvgIpc) is 2.16. The second kappa shape index (κ2) is 4.62. The molecule has 1 aliphatic heterocycles. The van der Waals surface area contributed by atoms with Crippen LogP contribution in [0.15, 0.2) is 22.7 Å². The smallest absolute Gasteiger partial charge is 0.127 e. The number of benzene rings is 1. The summed E-state index contributed by atoms with van der Waals surface area (Å²) in [6.45, 7) is 5.17. The third kappa shape index (κ3) is 2.58. The van der Waals surface area contributed by atoms with Gasteiger partial charge in [-0.25, -0.2) is 4.39 Å². The van der Waals surface area contributed by atoms with Gasteiger partial charge in [0.05, 0.1) is 0 Å². The number of hydrogen-bond acceptors (Lipinski definition) is 1. The van der Waals surface area contributed by atoms with Gasteiger partial charge in [0.15, 0.2) is 0 Å². The lowest BCUT2D eigenvalue weighted by Crippen LogP contribution is -2.45. The van der Waals surface area contributed by atoms with Gasteiger partial charge in [0.25, 0.3) is 0 Å². The lowest BCUT2D eigenvalue weighted by molar-refractivity contribution is 0.0886. The van der Waals surface area contributed by atoms with E-state index in [1.807, 2.05) is 6.07 Å². The van der Waals surface area contributed by atoms with Crippen molar-refractivity contribution in [2.75, 3.05) is 13.1 Å². The minimum atomic E-state index is -0.0989. The zero-order chi connectivity index (χ0) is 10.8. The van der Waals surface area contributed by atoms with Crippen molar-refractivity contribution < 1.29 is 4.39 Å². The minimum Gasteiger partial charge on any atom is -0.298 e. The van der Waals surface area contributed by atoms with Crippen LogP contribution < -0.4 is 0 Å². The highest BCUT2D eigenvalue weighted by atomic mass is 79.9. The Hall–Kier alpha value is -0.410. The summed E-state index contributed by atoms with van der Waals surface area (Å²) in [5.74, 6) is 0.721. The first-order valence-electron chi connectivity index (χ1n) is 5.35. The molecule has 0 amide bonds. The molecule has 0 atom stereocenters. The Morgan fingerprint density at radius 2 is 2.20 bits per heavy atom. The summed E-state index contributed by atoms with van der Waals surface area (Å²) < 4.78 is 14.4. The van der Waals surface area contributed by atoms with Crippen molar-refractivity contribution in [1.29, 1.82) is 0 Å². The molecular weight excluding hydrogens is 257 g/mol. The van der Waals surface area contributed by atoms with Gasteiger partial charge in [-0.05, 0) is 24.1 Å². The number of rotatable bonds is 3. The van der Waals surface area contributed by atoms with E-state index in [0.717, 1.165) is 35.6 Å². The summed E-state index contributed by atoms with van der Waals surface area (Å²) in [5, 5.41) is 0. The van der Waals surface area contributed by atoms with Crippen molar-refractivity contribution in [2.24, 2.45) is 5.92 Å². The maximum absolute atomic E-state index is 13.4. The Morgan fingerprint density at radius 3 is 2.87 bits per heavy atom. The molecule has 0 aliphatic carbocycles. The van der Waals surface area contributed by atoms with E-state index in [2.05, 4.69) is 27.8 Å². The monoisotopic (exact) mass is 271 g/mol. The summed E-state index contributed by atoms with van der Waals surface area (Å²) in [4.78, 5) is 2.29. The van der Waals surface area contributed by atoms with Crippen molar-refractivity contribution in [3.8, 4) is 0 Å². The fraction of sp³-hybridized carbons (Fsp3) is 0.500. The highest BCUT2D eigenvalue weighted by Gasteiger charge is 2.25. The van der Waals surface area contributed by atoms with E-state index in [1.54, 1.807) is 6.07 Å². The van der Waals surface area contributed by atoms with Crippen molar-refractivity contribution in [1.82, 2.24) is 4.90 Å². The molecule has 2 rings (SSSR count). The van der Waals surface area contributed by atoms with Crippen LogP contribution in [0.4, 0.5) is 4.39 Å². The molecule has 0 saturated carbocycles. The van der Waals surface area contributed by atoms with E-state index in [-0.39, 0.29) is 5.82 Å². The van der Waals surface area contributed by atoms with Crippen molar-refractivity contribution >= 4 is 15.9 Å². The van der Waals surface area contributed by atoms with Gasteiger partial charge in [-0.2, -0.15) is 0 Å². The van der Waals surface area contributed by atoms with E-state index >= 15 is 0 Å². The Balaban J connectivity index is 1.97. The molecule has 0 unspecified atom stereocenters. The Labute approximate surface area is 98.4 Å². The van der Waals surface area contributed by atoms with Gasteiger partial charge in [-0.1, -0.05) is 29.3 Å². The van der Waals surface area contributed by atoms with Gasteiger partial charge >= 0.3 is 0 Å². The zero-order valence-electron chi connectivity index (χ0n) is 8.84. The van der Waals surface area contributed by atoms with Crippen LogP contribution in [0.1, 0.15) is 18.9 Å². The predicted octanol–water partition coefficient (Wildman–Crippen LogP) is 3.43. The predicted molar refractivity (Wildman–Crippen MR) is 63.2 cm³/mol. The Bertz CT molecular complexity index is 347. The molecule has 0 bridgehead atoms. The average molecular weight is 272 g/mol. The third-order valence-electron chi connectivity index (χ3n) is 3.01. The van der Waals surface area contributed by atoms with Crippen LogP contribution in [0.5, 0.6) is 0 Å². The maximum Gasteiger partial charge on any atom is 0.127 e. The first-order chi connectivity index (χ1) is 7.19. The molecule has 82 valence electrons. The molecular formula is C12H15BrFN. The molecule has 3 heteroatoms. The fourth-order valence-electron chi connectivity index (χ4n) is 1.97. The van der Waals surface area contributed by atoms with Crippen LogP contribution in [-0.4, -0.2) is 18.0 Å². The van der Waals surface area contributed by atoms with Crippen LogP contribution in [0.2, 0.25) is 0 Å². The Morgan fingerprint density at radius 1 is 1.47 bits per heavy atom. The SMILES string of the molecule is CCC1CN(Cc2cc(Br)ccc2F)C1. The van der Waals surface area contributed by atoms with Crippen molar-refractivity contribution in [3.63, 3.8) is 0 Å². The van der Waals surface area contributed by atoms with E-state index in [4.69, 9.17) is 0 Å². The number of halogens is 2. The topological polar surface area (TPSA) is 3.24 Å². The number of likely N-dealkylation sites (tertiary alicyclic amines) is 1. The fourth-order valence-corrected chi connectivity index (χ4v) is 2.38. The van der Waals surface area contributed by atoms with Gasteiger partial charge < -0.3 is 0 Å². The number of hydrogen-bond donors (Lipinski definition) is 0. The molecule has 0 radical (unpaired) electrons. The van der Waals surface area contributed by atoms with Gasteiger partial charge in [-0.3, -0.25) is 4.90 Å². The summed E-state index contributed by atoms with van der Waals surface area (Å²) in [5.41, 5.74) is 0.791. The lowest BCUT2D eigenvalue weighted by atomic mass is 9.96. The van der Waals surface area contributed by atoms with Crippen LogP contribution in [0.3, 0.4) is 0 Å². The summed E-state index contributed by atoms with van der Waals surface area (Å²) in [6, 6.07) is 5.13. The van der Waals surface area contributed by atoms with E-state index in [1.165, 1.54) is 12.5 Å². The van der Waals surface area contributed by atoms with Crippen molar-refractivity contribution in [2.45, 2.75) is 19.9 Å². The molecule has 1 aromatic carbocycles. The normalized spacial score (nSPS) is 17.8.